The first kappa shape index (κ1) is 124. The van der Waals surface area contributed by atoms with Gasteiger partial charge in [-0.1, -0.05) is 10.4 Å². The first-order valence-electron chi connectivity index (χ1n) is 46.8. The molecule has 4 fully saturated rings. The lowest BCUT2D eigenvalue weighted by Gasteiger charge is -2.47. The van der Waals surface area contributed by atoms with Crippen LogP contribution in [0.15, 0.2) is 12.4 Å². The van der Waals surface area contributed by atoms with E-state index in [0.29, 0.717) is 24.2 Å². The third-order valence-electron chi connectivity index (χ3n) is 23.1. The number of unbranched alkanes of at least 4 members (excludes halogenated alkanes) is 1. The Hall–Kier alpha value is -8.90. The minimum absolute atomic E-state index is 0.00100. The van der Waals surface area contributed by atoms with E-state index in [9.17, 15) is 162 Å². The molecule has 3 saturated heterocycles. The van der Waals surface area contributed by atoms with Crippen LogP contribution in [0, 0.1) is 34.5 Å². The van der Waals surface area contributed by atoms with Crippen molar-refractivity contribution in [3.8, 4) is 5.75 Å². The van der Waals surface area contributed by atoms with Gasteiger partial charge in [-0.15, -0.1) is 10.2 Å². The number of carboxylic acid groups (broad SMARTS) is 2. The summed E-state index contributed by atoms with van der Waals surface area (Å²) < 4.78 is 158. The zero-order valence-electron chi connectivity index (χ0n) is 79.3. The van der Waals surface area contributed by atoms with Crippen molar-refractivity contribution in [3.05, 3.63) is 52.9 Å². The molecule has 56 nitrogen and oxygen atoms in total. The number of nitrogens with one attached hydrogen (secondary N) is 6. The highest BCUT2D eigenvalue weighted by Gasteiger charge is 2.64. The molecule has 1 aliphatic carbocycles. The Balaban J connectivity index is 0.741. The number of carbonyl (C=O) groups is 9. The summed E-state index contributed by atoms with van der Waals surface area (Å²) >= 11 is 0. The Morgan fingerprint density at radius 2 is 0.945 bits per heavy atom. The van der Waals surface area contributed by atoms with E-state index in [1.54, 1.807) is 12.4 Å². The van der Waals surface area contributed by atoms with Gasteiger partial charge in [0, 0.05) is 70.6 Å². The fraction of sp³-hybridized carbons (Fsp3) is 0.776. The first-order chi connectivity index (χ1) is 69.7. The summed E-state index contributed by atoms with van der Waals surface area (Å²) in [5.74, 6) is -24.9. The van der Waals surface area contributed by atoms with E-state index in [-0.39, 0.29) is 215 Å². The summed E-state index contributed by atoms with van der Waals surface area (Å²) in [6.07, 6.45) is -32.7. The van der Waals surface area contributed by atoms with Crippen molar-refractivity contribution in [2.24, 2.45) is 5.41 Å². The second-order valence-electron chi connectivity index (χ2n) is 33.9. The monoisotopic (exact) mass is 2120 g/mol. The molecule has 3 aliphatic heterocycles. The summed E-state index contributed by atoms with van der Waals surface area (Å²) in [5, 5.41) is 227. The summed E-state index contributed by atoms with van der Waals surface area (Å²) in [5.41, 5.74) is -1.03. The average Bonchev–Trinajstić information content (AvgIpc) is 1.56. The van der Waals surface area contributed by atoms with Gasteiger partial charge in [-0.25, -0.2) is 27.3 Å². The number of nitrogens with zero attached hydrogens (tertiary/aromatic N) is 6. The van der Waals surface area contributed by atoms with Crippen LogP contribution in [-0.4, -0.2) is 499 Å². The standard InChI is InChI=1S/C85H133F5N12O44/c86-61-62(87)64(89)77(65(90)63(61)88)145-60(116)10-18-133-26-30-137-32-33-138-31-27-134-21-13-93-79(126)47(4-1-2-11-91-55(111)8-16-131-24-28-135-22-14-101-37-45(97-99-101)6-19-139-80-75(124)73(122)70(119)52(143-80)43-141-54-36-84(54,82(127)128)34-48(107)66(95-58(114)41-105)72(121)68(117)50(109)39-103)94-57(113)5-3-12-92-56(112)9-17-132-25-29-136-23-15-102-38-46(98-100-102)7-20-140-81-76(125)74(123)71(120)53(144-81)44-142-85(83(129)130)35-49(108)67(96-59(115)42-106)78(146-85)69(118)51(110)40-104/h37-38,47-54,66-76,78,80-81,103-110,117-125H,1-36,39-44H2,(H,91,111)(H,92,112)(H,93,126)(H,94,113)(H,95,114)(H,96,115)(H,127,128)(H,129,130)/t47-,48-,49-,50+,51+,52+,53+,54?,66+,67+,68+,69+,70-,71-,72+,73-,74-,75+,76+,78+,80+,81+,84+,85-/m0/s1. The highest BCUT2D eigenvalue weighted by molar-refractivity contribution is 5.87. The lowest BCUT2D eigenvalue weighted by molar-refractivity contribution is -0.338. The molecule has 2 aromatic heterocycles. The van der Waals surface area contributed by atoms with Gasteiger partial charge < -0.3 is 205 Å². The third-order valence-corrected chi connectivity index (χ3v) is 23.1. The number of ether oxygens (including phenoxy) is 16. The van der Waals surface area contributed by atoms with E-state index in [1.807, 2.05) is 0 Å². The number of carbonyl (C=O) groups excluding carboxylic acids is 7. The molecule has 1 unspecified atom stereocenters. The summed E-state index contributed by atoms with van der Waals surface area (Å²) in [4.78, 5) is 113. The van der Waals surface area contributed by atoms with E-state index in [2.05, 4.69) is 57.3 Å². The largest absolute Gasteiger partial charge is 0.481 e. The molecule has 1 saturated carbocycles. The number of aliphatic carboxylic acids is 2. The number of aromatic nitrogens is 6. The Bertz CT molecular complexity index is 4420. The quantitative estimate of drug-likeness (QED) is 0.00623. The van der Waals surface area contributed by atoms with Crippen LogP contribution in [0.25, 0.3) is 0 Å². The molecular weight excluding hydrogens is 1990 g/mol. The number of aliphatic hydroxyl groups excluding tert-OH is 17. The Morgan fingerprint density at radius 1 is 0.466 bits per heavy atom. The van der Waals surface area contributed by atoms with Gasteiger partial charge in [0.25, 0.3) is 5.79 Å². The lowest BCUT2D eigenvalue weighted by Crippen LogP contribution is -2.68. The molecular formula is C85H133F5N12O44. The van der Waals surface area contributed by atoms with E-state index in [1.165, 1.54) is 9.36 Å². The highest BCUT2D eigenvalue weighted by atomic mass is 19.2. The molecule has 0 bridgehead atoms. The number of benzene rings is 1. The normalized spacial score (nSPS) is 24.7. The molecule has 3 aromatic rings. The number of carboxylic acids is 2. The van der Waals surface area contributed by atoms with Gasteiger partial charge in [-0.2, -0.15) is 8.78 Å². The summed E-state index contributed by atoms with van der Waals surface area (Å²) in [6.45, 7) is -4.31. The number of aliphatic hydroxyl groups is 17. The molecule has 24 atom stereocenters. The molecule has 4 aliphatic rings. The molecule has 6 amide bonds. The SMILES string of the molecule is O=C(CCOCCOCCn1cc(CCO[C@@H]2O[C@H](COC3C[C@@]3(C[C@H](O)[C@@H](NC(=O)CO)[C@@H](O)[C@H](O)[C@H](O)CO)C(=O)O)[C@H](O)[C@H](O)[C@H]2O)nn1)NCCCC[C@H](NC(=O)CCCNC(=O)CCOCCOCCn1cc(CCO[C@@H]2O[C@H](CO[C@@]3(C(=O)O)C[C@H](O)[C@@H](NC(=O)CO)[C@H]([C@H](O)[C@H](O)CO)O3)[C@H](O)[C@H](O)[C@H]2O)nn1)C(=O)NCCOCCOCCOCCOCCC(=O)Oc1c(F)c(F)c(F)c(F)c1F. The van der Waals surface area contributed by atoms with E-state index in [0.717, 1.165) is 0 Å². The van der Waals surface area contributed by atoms with Gasteiger partial charge in [-0.05, 0) is 38.5 Å². The van der Waals surface area contributed by atoms with Crippen molar-refractivity contribution in [2.75, 3.05) is 178 Å². The zero-order valence-corrected chi connectivity index (χ0v) is 79.3. The number of hydrogen-bond donors (Lipinski definition) is 25. The predicted molar refractivity (Wildman–Crippen MR) is 468 cm³/mol. The van der Waals surface area contributed by atoms with Crippen molar-refractivity contribution in [3.63, 3.8) is 0 Å². The molecule has 146 heavy (non-hydrogen) atoms. The Labute approximate surface area is 829 Å². The molecule has 25 N–H and O–H groups in total. The van der Waals surface area contributed by atoms with E-state index < -0.39 is 281 Å². The van der Waals surface area contributed by atoms with Crippen LogP contribution >= 0.6 is 0 Å². The van der Waals surface area contributed by atoms with Crippen LogP contribution < -0.4 is 36.6 Å². The zero-order chi connectivity index (χ0) is 107. The van der Waals surface area contributed by atoms with Crippen LogP contribution in [0.4, 0.5) is 22.0 Å². The van der Waals surface area contributed by atoms with Gasteiger partial charge in [-0.3, -0.25) is 38.4 Å². The lowest BCUT2D eigenvalue weighted by atomic mass is 9.88. The number of amides is 6. The first-order valence-corrected chi connectivity index (χ1v) is 46.8. The topological polar surface area (TPSA) is 819 Å². The van der Waals surface area contributed by atoms with E-state index in [4.69, 9.17) is 71.1 Å². The highest BCUT2D eigenvalue weighted by Crippen LogP contribution is 2.53. The smallest absolute Gasteiger partial charge is 0.364 e. The molecule has 0 radical (unpaired) electrons. The van der Waals surface area contributed by atoms with Crippen molar-refractivity contribution in [2.45, 2.75) is 237 Å². The van der Waals surface area contributed by atoms with Crippen LogP contribution in [0.5, 0.6) is 5.75 Å². The number of hydrogen-bond acceptors (Lipinski definition) is 46. The maximum absolute atomic E-state index is 13.8. The maximum Gasteiger partial charge on any atom is 0.364 e. The fourth-order valence-electron chi connectivity index (χ4n) is 14.8. The van der Waals surface area contributed by atoms with Crippen molar-refractivity contribution >= 4 is 53.4 Å². The maximum atomic E-state index is 13.8. The van der Waals surface area contributed by atoms with Gasteiger partial charge in [0.05, 0.1) is 212 Å². The number of halogens is 5. The molecule has 0 spiro atoms. The summed E-state index contributed by atoms with van der Waals surface area (Å²) in [7, 11) is 0. The Morgan fingerprint density at radius 3 is 1.45 bits per heavy atom. The predicted octanol–water partition coefficient (Wildman–Crippen LogP) is -12.0. The third kappa shape index (κ3) is 39.8. The van der Waals surface area contributed by atoms with Crippen LogP contribution in [0.2, 0.25) is 0 Å². The number of rotatable bonds is 75. The second-order valence-corrected chi connectivity index (χ2v) is 33.9. The van der Waals surface area contributed by atoms with Crippen molar-refractivity contribution < 1.29 is 238 Å². The summed E-state index contributed by atoms with van der Waals surface area (Å²) in [6, 6.07) is -4.52. The minimum Gasteiger partial charge on any atom is -0.481 e. The van der Waals surface area contributed by atoms with E-state index >= 15 is 0 Å². The van der Waals surface area contributed by atoms with Gasteiger partial charge in [0.15, 0.2) is 12.6 Å². The number of esters is 1. The van der Waals surface area contributed by atoms with Crippen LogP contribution in [-0.2, 0) is 140 Å². The average molecular weight is 2120 g/mol. The van der Waals surface area contributed by atoms with Crippen LogP contribution in [0.3, 0.4) is 0 Å². The molecule has 1 aromatic carbocycles. The molecule has 832 valence electrons. The molecule has 5 heterocycles. The van der Waals surface area contributed by atoms with Crippen molar-refractivity contribution in [1.82, 2.24) is 61.9 Å². The molecule has 7 rings (SSSR count). The minimum atomic E-state index is -2.87. The van der Waals surface area contributed by atoms with Crippen molar-refractivity contribution in [1.29, 1.82) is 0 Å². The Kier molecular flexibility index (Phi) is 54.9. The van der Waals surface area contributed by atoms with Crippen LogP contribution in [0.1, 0.15) is 82.0 Å². The second kappa shape index (κ2) is 64.6. The molecule has 61 heteroatoms. The van der Waals surface area contributed by atoms with Gasteiger partial charge in [0.1, 0.15) is 105 Å². The van der Waals surface area contributed by atoms with Gasteiger partial charge >= 0.3 is 17.9 Å². The van der Waals surface area contributed by atoms with Gasteiger partial charge in [0.2, 0.25) is 70.3 Å². The fourth-order valence-corrected chi connectivity index (χ4v) is 14.8.